The summed E-state index contributed by atoms with van der Waals surface area (Å²) in [5.41, 5.74) is 0. The van der Waals surface area contributed by atoms with Crippen LogP contribution in [0.2, 0.25) is 0 Å². The highest BCUT2D eigenvalue weighted by molar-refractivity contribution is 7.10. The average molecular weight is 169 g/mol. The van der Waals surface area contributed by atoms with E-state index in [2.05, 4.69) is 22.8 Å². The van der Waals surface area contributed by atoms with Crippen LogP contribution in [0.3, 0.4) is 0 Å². The highest BCUT2D eigenvalue weighted by atomic mass is 32.1. The second-order valence-corrected chi connectivity index (χ2v) is 3.56. The minimum atomic E-state index is 0.295. The molecule has 0 amide bonds. The van der Waals surface area contributed by atoms with E-state index in [1.165, 1.54) is 4.88 Å². The van der Waals surface area contributed by atoms with Crippen molar-refractivity contribution in [2.24, 2.45) is 0 Å². The molecule has 0 radical (unpaired) electrons. The van der Waals surface area contributed by atoms with Gasteiger partial charge >= 0.3 is 0 Å². The van der Waals surface area contributed by atoms with Crippen LogP contribution in [0.25, 0.3) is 0 Å². The summed E-state index contributed by atoms with van der Waals surface area (Å²) in [7, 11) is 0. The van der Waals surface area contributed by atoms with Gasteiger partial charge in [-0.2, -0.15) is 0 Å². The van der Waals surface area contributed by atoms with Gasteiger partial charge in [-0.05, 0) is 11.4 Å². The Balaban J connectivity index is 2.04. The van der Waals surface area contributed by atoms with Crippen molar-refractivity contribution < 1.29 is 4.74 Å². The van der Waals surface area contributed by atoms with Gasteiger partial charge in [-0.25, -0.2) is 0 Å². The van der Waals surface area contributed by atoms with E-state index in [9.17, 15) is 0 Å². The molecule has 1 aliphatic rings. The van der Waals surface area contributed by atoms with E-state index in [0.29, 0.717) is 6.10 Å². The molecule has 1 N–H and O–H groups in total. The van der Waals surface area contributed by atoms with Crippen molar-refractivity contribution in [3.63, 3.8) is 0 Å². The zero-order valence-electron chi connectivity index (χ0n) is 6.25. The summed E-state index contributed by atoms with van der Waals surface area (Å²) in [6, 6.07) is 4.19. The van der Waals surface area contributed by atoms with E-state index in [4.69, 9.17) is 4.74 Å². The van der Waals surface area contributed by atoms with Gasteiger partial charge < -0.3 is 10.1 Å². The first-order valence-electron chi connectivity index (χ1n) is 3.82. The first kappa shape index (κ1) is 7.28. The molecule has 1 aromatic heterocycles. The van der Waals surface area contributed by atoms with Gasteiger partial charge in [0.15, 0.2) is 0 Å². The molecule has 0 bridgehead atoms. The number of hydrogen-bond acceptors (Lipinski definition) is 3. The average Bonchev–Trinajstić information content (AvgIpc) is 2.58. The molecule has 0 unspecified atom stereocenters. The smallest absolute Gasteiger partial charge is 0.104 e. The van der Waals surface area contributed by atoms with E-state index in [1.54, 1.807) is 11.3 Å². The second kappa shape index (κ2) is 3.34. The SMILES string of the molecule is c1csc([C@H]2CNCCO2)c1. The van der Waals surface area contributed by atoms with Crippen LogP contribution >= 0.6 is 11.3 Å². The van der Waals surface area contributed by atoms with Crippen LogP contribution in [0.1, 0.15) is 11.0 Å². The summed E-state index contributed by atoms with van der Waals surface area (Å²) < 4.78 is 5.57. The first-order valence-corrected chi connectivity index (χ1v) is 4.70. The zero-order chi connectivity index (χ0) is 7.52. The Hall–Kier alpha value is -0.380. The fourth-order valence-electron chi connectivity index (χ4n) is 1.22. The van der Waals surface area contributed by atoms with Crippen molar-refractivity contribution in [1.82, 2.24) is 5.32 Å². The van der Waals surface area contributed by atoms with Crippen molar-refractivity contribution in [1.29, 1.82) is 0 Å². The fourth-order valence-corrected chi connectivity index (χ4v) is 2.00. The predicted octanol–water partition coefficient (Wildman–Crippen LogP) is 1.41. The van der Waals surface area contributed by atoms with Crippen molar-refractivity contribution in [3.8, 4) is 0 Å². The van der Waals surface area contributed by atoms with Crippen LogP contribution in [0.4, 0.5) is 0 Å². The molecule has 2 rings (SSSR count). The second-order valence-electron chi connectivity index (χ2n) is 2.58. The number of rotatable bonds is 1. The lowest BCUT2D eigenvalue weighted by molar-refractivity contribution is 0.0299. The van der Waals surface area contributed by atoms with Crippen molar-refractivity contribution in [2.45, 2.75) is 6.10 Å². The molecule has 0 saturated carbocycles. The first-order chi connectivity index (χ1) is 5.47. The molecule has 0 aliphatic carbocycles. The van der Waals surface area contributed by atoms with Crippen molar-refractivity contribution in [3.05, 3.63) is 22.4 Å². The molecule has 0 aromatic carbocycles. The molecule has 2 nitrogen and oxygen atoms in total. The van der Waals surface area contributed by atoms with Gasteiger partial charge in [-0.3, -0.25) is 0 Å². The maximum absolute atomic E-state index is 5.57. The maximum Gasteiger partial charge on any atom is 0.104 e. The van der Waals surface area contributed by atoms with Gasteiger partial charge in [0.25, 0.3) is 0 Å². The molecule has 1 atom stereocenters. The number of thiophene rings is 1. The lowest BCUT2D eigenvalue weighted by atomic mass is 10.2. The van der Waals surface area contributed by atoms with Crippen LogP contribution < -0.4 is 5.32 Å². The molecule has 2 heterocycles. The Morgan fingerprint density at radius 2 is 2.64 bits per heavy atom. The summed E-state index contributed by atoms with van der Waals surface area (Å²) in [6.45, 7) is 2.78. The highest BCUT2D eigenvalue weighted by Gasteiger charge is 2.15. The lowest BCUT2D eigenvalue weighted by Crippen LogP contribution is -2.32. The quantitative estimate of drug-likeness (QED) is 0.686. The fraction of sp³-hybridized carbons (Fsp3) is 0.500. The third-order valence-electron chi connectivity index (χ3n) is 1.79. The van der Waals surface area contributed by atoms with Gasteiger partial charge in [0, 0.05) is 18.0 Å². The molecule has 0 spiro atoms. The van der Waals surface area contributed by atoms with Crippen LogP contribution in [0.5, 0.6) is 0 Å². The predicted molar refractivity (Wildman–Crippen MR) is 45.9 cm³/mol. The molecular formula is C8H11NOS. The van der Waals surface area contributed by atoms with Crippen LogP contribution in [0.15, 0.2) is 17.5 Å². The zero-order valence-corrected chi connectivity index (χ0v) is 7.06. The Bertz CT molecular complexity index is 204. The third-order valence-corrected chi connectivity index (χ3v) is 2.75. The largest absolute Gasteiger partial charge is 0.370 e. The number of ether oxygens (including phenoxy) is 1. The van der Waals surface area contributed by atoms with E-state index in [-0.39, 0.29) is 0 Å². The molecule has 1 fully saturated rings. The summed E-state index contributed by atoms with van der Waals surface area (Å²) in [5.74, 6) is 0. The molecule has 1 aliphatic heterocycles. The molecule has 11 heavy (non-hydrogen) atoms. The molecule has 1 aromatic rings. The monoisotopic (exact) mass is 169 g/mol. The van der Waals surface area contributed by atoms with Crippen LogP contribution in [-0.2, 0) is 4.74 Å². The van der Waals surface area contributed by atoms with Gasteiger partial charge in [0.1, 0.15) is 6.10 Å². The van der Waals surface area contributed by atoms with Gasteiger partial charge in [0.2, 0.25) is 0 Å². The standard InChI is InChI=1S/C8H11NOS/c1-2-8(11-5-1)7-6-9-3-4-10-7/h1-2,5,7,9H,3-4,6H2/t7-/m1/s1. The van der Waals surface area contributed by atoms with Crippen LogP contribution in [-0.4, -0.2) is 19.7 Å². The normalized spacial score (nSPS) is 25.3. The van der Waals surface area contributed by atoms with Gasteiger partial charge in [-0.1, -0.05) is 6.07 Å². The number of nitrogens with one attached hydrogen (secondary N) is 1. The van der Waals surface area contributed by atoms with Gasteiger partial charge in [0.05, 0.1) is 6.61 Å². The Morgan fingerprint density at radius 3 is 3.27 bits per heavy atom. The van der Waals surface area contributed by atoms with Crippen LogP contribution in [0, 0.1) is 0 Å². The number of hydrogen-bond donors (Lipinski definition) is 1. The summed E-state index contributed by atoms with van der Waals surface area (Å²) in [6.07, 6.45) is 0.295. The molecule has 1 saturated heterocycles. The Labute approximate surface area is 70.2 Å². The van der Waals surface area contributed by atoms with E-state index in [1.807, 2.05) is 0 Å². The third kappa shape index (κ3) is 1.61. The summed E-state index contributed by atoms with van der Waals surface area (Å²) in [5, 5.41) is 5.40. The Kier molecular flexibility index (Phi) is 2.21. The lowest BCUT2D eigenvalue weighted by Gasteiger charge is -2.22. The van der Waals surface area contributed by atoms with Crippen molar-refractivity contribution >= 4 is 11.3 Å². The van der Waals surface area contributed by atoms with Crippen molar-refractivity contribution in [2.75, 3.05) is 19.7 Å². The molecule has 3 heteroatoms. The molecule has 60 valence electrons. The maximum atomic E-state index is 5.57. The molecular weight excluding hydrogens is 158 g/mol. The Morgan fingerprint density at radius 1 is 1.64 bits per heavy atom. The minimum Gasteiger partial charge on any atom is -0.370 e. The van der Waals surface area contributed by atoms with E-state index < -0.39 is 0 Å². The van der Waals surface area contributed by atoms with Gasteiger partial charge in [-0.15, -0.1) is 11.3 Å². The minimum absolute atomic E-state index is 0.295. The van der Waals surface area contributed by atoms with E-state index >= 15 is 0 Å². The number of morpholine rings is 1. The van der Waals surface area contributed by atoms with E-state index in [0.717, 1.165) is 19.7 Å². The summed E-state index contributed by atoms with van der Waals surface area (Å²) >= 11 is 1.76. The topological polar surface area (TPSA) is 21.3 Å². The summed E-state index contributed by atoms with van der Waals surface area (Å²) in [4.78, 5) is 1.33. The highest BCUT2D eigenvalue weighted by Crippen LogP contribution is 2.22.